The Kier molecular flexibility index (Phi) is 16.7. The molecule has 0 spiro atoms. The van der Waals surface area contributed by atoms with Gasteiger partial charge in [-0.1, -0.05) is 24.3 Å². The minimum absolute atomic E-state index is 0. The lowest BCUT2D eigenvalue weighted by molar-refractivity contribution is -0.256. The Morgan fingerprint density at radius 3 is 1.26 bits per heavy atom. The molecule has 4 aliphatic carbocycles. The second-order valence-corrected chi connectivity index (χ2v) is 20.5. The molecule has 2 heterocycles. The number of hydrazine groups is 1. The van der Waals surface area contributed by atoms with Gasteiger partial charge in [-0.25, -0.2) is 0 Å². The summed E-state index contributed by atoms with van der Waals surface area (Å²) in [4.78, 5) is 82.6. The predicted octanol–water partition coefficient (Wildman–Crippen LogP) is 1.04. The van der Waals surface area contributed by atoms with E-state index < -0.39 is 191 Å². The topological polar surface area (TPSA) is 384 Å². The number of aromatic hydroxyl groups is 4. The van der Waals surface area contributed by atoms with Crippen molar-refractivity contribution in [1.82, 2.24) is 10.9 Å². The van der Waals surface area contributed by atoms with Crippen molar-refractivity contribution in [2.24, 2.45) is 0 Å². The number of carbonyl (C=O) groups is 6. The molecule has 8 unspecified atom stereocenters. The Bertz CT molecular complexity index is 3030. The normalized spacial score (nSPS) is 29.3. The maximum absolute atomic E-state index is 14.2. The van der Waals surface area contributed by atoms with Gasteiger partial charge < -0.3 is 79.5 Å². The minimum Gasteiger partial charge on any atom is -0.507 e. The summed E-state index contributed by atoms with van der Waals surface area (Å²) in [7, 11) is 2.55. The molecule has 430 valence electrons. The van der Waals surface area contributed by atoms with E-state index in [0.717, 1.165) is 0 Å². The highest BCUT2D eigenvalue weighted by molar-refractivity contribution is 6.32. The van der Waals surface area contributed by atoms with Gasteiger partial charge in [-0.3, -0.25) is 39.6 Å². The van der Waals surface area contributed by atoms with E-state index in [9.17, 15) is 79.8 Å². The lowest BCUT2D eigenvalue weighted by Crippen LogP contribution is -2.63. The Balaban J connectivity index is 0.00000420. The quantitative estimate of drug-likeness (QED) is 0.0568. The average Bonchev–Trinajstić information content (AvgIpc) is 3.16. The summed E-state index contributed by atoms with van der Waals surface area (Å²) in [5, 5.41) is 114. The first-order valence-electron chi connectivity index (χ1n) is 25.0. The highest BCUT2D eigenvalue weighted by atomic mass is 35.5. The Hall–Kier alpha value is -6.20. The van der Waals surface area contributed by atoms with E-state index >= 15 is 0 Å². The van der Waals surface area contributed by atoms with Gasteiger partial charge in [0, 0.05) is 71.9 Å². The van der Waals surface area contributed by atoms with E-state index in [1.54, 1.807) is 0 Å². The van der Waals surface area contributed by atoms with Gasteiger partial charge in [-0.05, 0) is 26.0 Å². The number of carbonyl (C=O) groups excluding carboxylic acids is 6. The van der Waals surface area contributed by atoms with Crippen LogP contribution in [0.3, 0.4) is 0 Å². The molecule has 0 radical (unpaired) electrons. The summed E-state index contributed by atoms with van der Waals surface area (Å²) in [6, 6.07) is 6.41. The van der Waals surface area contributed by atoms with Crippen LogP contribution >= 0.6 is 24.8 Å². The number of methoxy groups -OCH3 is 2. The van der Waals surface area contributed by atoms with Crippen LogP contribution in [0.5, 0.6) is 34.5 Å². The van der Waals surface area contributed by atoms with Crippen LogP contribution in [-0.2, 0) is 41.4 Å². The Morgan fingerprint density at radius 2 is 0.925 bits per heavy atom. The van der Waals surface area contributed by atoms with Crippen molar-refractivity contribution in [3.8, 4) is 34.5 Å². The van der Waals surface area contributed by atoms with Crippen LogP contribution in [0.15, 0.2) is 36.4 Å². The number of Topliss-reactive ketones (excluding diaryl/α,β-unsaturated/α-hetero) is 2. The molecule has 80 heavy (non-hydrogen) atoms. The van der Waals surface area contributed by atoms with Gasteiger partial charge in [-0.2, -0.15) is 0 Å². The lowest BCUT2D eigenvalue weighted by atomic mass is 9.72. The molecule has 0 amide bonds. The highest BCUT2D eigenvalue weighted by Gasteiger charge is 2.53. The number of hydrogen-bond donors (Lipinski definition) is 12. The maximum Gasteiger partial charge on any atom is 0.202 e. The van der Waals surface area contributed by atoms with Crippen molar-refractivity contribution in [3.05, 3.63) is 103 Å². The van der Waals surface area contributed by atoms with Crippen LogP contribution in [0.1, 0.15) is 138 Å². The minimum atomic E-state index is -2.44. The van der Waals surface area contributed by atoms with Gasteiger partial charge in [0.25, 0.3) is 0 Å². The molecule has 0 saturated carbocycles. The molecule has 6 aliphatic rings. The largest absolute Gasteiger partial charge is 0.507 e. The molecule has 2 saturated heterocycles. The molecular weight excluding hydrogens is 1100 g/mol. The van der Waals surface area contributed by atoms with E-state index in [1.165, 1.54) is 64.5 Å². The lowest BCUT2D eigenvalue weighted by Gasteiger charge is -2.44. The zero-order valence-corrected chi connectivity index (χ0v) is 44.7. The van der Waals surface area contributed by atoms with Gasteiger partial charge in [0.15, 0.2) is 35.7 Å². The predicted molar refractivity (Wildman–Crippen MR) is 276 cm³/mol. The van der Waals surface area contributed by atoms with Crippen molar-refractivity contribution in [2.75, 3.05) is 27.4 Å². The molecular formula is C54H58Cl2N2O22. The van der Waals surface area contributed by atoms with Gasteiger partial charge in [0.05, 0.1) is 96.3 Å². The van der Waals surface area contributed by atoms with Gasteiger partial charge >= 0.3 is 0 Å². The molecule has 24 nitrogen and oxygen atoms in total. The molecule has 10 rings (SSSR count). The maximum atomic E-state index is 14.2. The van der Waals surface area contributed by atoms with Crippen LogP contribution in [-0.4, -0.2) is 173 Å². The molecule has 0 bridgehead atoms. The van der Waals surface area contributed by atoms with Crippen molar-refractivity contribution in [2.45, 2.75) is 125 Å². The number of aliphatic hydroxyl groups is 6. The smallest absolute Gasteiger partial charge is 0.202 e. The zero-order valence-electron chi connectivity index (χ0n) is 43.1. The van der Waals surface area contributed by atoms with Gasteiger partial charge in [0.2, 0.25) is 11.6 Å². The number of fused-ring (bicyclic) bond motifs is 6. The molecule has 12 N–H and O–H groups in total. The summed E-state index contributed by atoms with van der Waals surface area (Å²) in [6.07, 6.45) is -13.8. The Morgan fingerprint density at radius 1 is 0.575 bits per heavy atom. The fraction of sp³-hybridized carbons (Fsp3) is 0.444. The van der Waals surface area contributed by atoms with Crippen molar-refractivity contribution in [1.29, 1.82) is 0 Å². The second-order valence-electron chi connectivity index (χ2n) is 20.5. The van der Waals surface area contributed by atoms with Crippen molar-refractivity contribution >= 4 is 59.5 Å². The summed E-state index contributed by atoms with van der Waals surface area (Å²) < 4.78 is 35.5. The zero-order chi connectivity index (χ0) is 56.2. The molecule has 2 aliphatic heterocycles. The molecule has 2 fully saturated rings. The summed E-state index contributed by atoms with van der Waals surface area (Å²) in [5.41, 5.74) is -3.06. The van der Waals surface area contributed by atoms with E-state index in [-0.39, 0.29) is 93.7 Å². The molecule has 4 aromatic rings. The standard InChI is InChI=1S/C54H56N2O22.2ClH/c1-19-43(61)25(11-33(75-19)77-29-15-53(71,31(59)17-57)13-23-37(29)51(69)41-39(47(23)65)45(63)21-7-5-9-27(73-3)35(21)49(41)67)55-56-26-12-34(76-20(2)44(26)62)78-30-16-54(72,32(60)18-58)14-24-38(30)52(70)42-40(48(24)66)46(64)22-8-6-10-28(74-4)36(22)50(42)68;;/h5-10,19-20,25-26,29-30,33-34,43-44,55-58,61-62,65-66,69-72H,11-18H2,1-4H3;2*1H/t19?,20?,25?,26?,29-,30-,33?,34?,43?,44?,53-,54-;;/m0../s1. The van der Waals surface area contributed by atoms with Crippen molar-refractivity contribution < 1.29 is 108 Å². The number of ketones is 6. The number of nitrogens with one attached hydrogen (secondary N) is 2. The van der Waals surface area contributed by atoms with Crippen LogP contribution in [0, 0.1) is 0 Å². The monoisotopic (exact) mass is 1160 g/mol. The first kappa shape index (κ1) is 59.9. The van der Waals surface area contributed by atoms with Crippen LogP contribution in [0.2, 0.25) is 0 Å². The number of halogens is 2. The Labute approximate surface area is 466 Å². The van der Waals surface area contributed by atoms with E-state index in [1.807, 2.05) is 0 Å². The number of hydrogen-bond acceptors (Lipinski definition) is 24. The van der Waals surface area contributed by atoms with E-state index in [4.69, 9.17) is 28.4 Å². The van der Waals surface area contributed by atoms with Crippen LogP contribution < -0.4 is 20.3 Å². The van der Waals surface area contributed by atoms with Gasteiger partial charge in [0.1, 0.15) is 58.9 Å². The second kappa shape index (κ2) is 22.3. The number of phenolic OH excluding ortho intramolecular Hbond substituents is 4. The fourth-order valence-corrected chi connectivity index (χ4v) is 11.9. The number of rotatable bonds is 13. The third kappa shape index (κ3) is 9.48. The average molecular weight is 1160 g/mol. The highest BCUT2D eigenvalue weighted by Crippen LogP contribution is 2.55. The summed E-state index contributed by atoms with van der Waals surface area (Å²) >= 11 is 0. The van der Waals surface area contributed by atoms with E-state index in [2.05, 4.69) is 10.9 Å². The number of ether oxygens (including phenoxy) is 6. The summed E-state index contributed by atoms with van der Waals surface area (Å²) in [5.74, 6) is -8.86. The van der Waals surface area contributed by atoms with Crippen LogP contribution in [0.25, 0.3) is 0 Å². The third-order valence-electron chi connectivity index (χ3n) is 16.0. The number of benzene rings is 4. The molecule has 0 aromatic heterocycles. The van der Waals surface area contributed by atoms with Crippen molar-refractivity contribution in [3.63, 3.8) is 0 Å². The third-order valence-corrected chi connectivity index (χ3v) is 16.0. The van der Waals surface area contributed by atoms with E-state index in [0.29, 0.717) is 0 Å². The first-order valence-corrected chi connectivity index (χ1v) is 25.0. The molecule has 26 heteroatoms. The summed E-state index contributed by atoms with van der Waals surface area (Å²) in [6.45, 7) is 0.693. The first-order chi connectivity index (χ1) is 37.0. The molecule has 12 atom stereocenters. The fourth-order valence-electron chi connectivity index (χ4n) is 11.9. The number of phenols is 4. The number of aliphatic hydroxyl groups excluding tert-OH is 4. The SMILES string of the molecule is COc1cccc2c1C(=O)c1c(O)c3c(c(O)c1C2=O)C[C@@](O)(C(=O)CO)C[C@@H]3OC1CC(NNC2CC(O[C@H]3C[C@](O)(C(=O)CO)Cc4c(O)c5c(c(O)c43)C(=O)c3c(OC)cccc3C5=O)OC(C)C2O)C(O)C(C)O1.Cl.Cl. The molecule has 4 aromatic carbocycles. The van der Waals surface area contributed by atoms with Crippen LogP contribution in [0.4, 0.5) is 0 Å². The van der Waals surface area contributed by atoms with Gasteiger partial charge in [-0.15, -0.1) is 24.8 Å².